The lowest BCUT2D eigenvalue weighted by molar-refractivity contribution is -0.385. The van der Waals surface area contributed by atoms with E-state index in [1.54, 1.807) is 38.1 Å². The van der Waals surface area contributed by atoms with Crippen molar-refractivity contribution in [2.45, 2.75) is 20.4 Å². The maximum Gasteiger partial charge on any atom is 0.286 e. The van der Waals surface area contributed by atoms with Gasteiger partial charge in [-0.2, -0.15) is 0 Å². The van der Waals surface area contributed by atoms with Crippen LogP contribution in [0, 0.1) is 16.0 Å². The standard InChI is InChI=1S/C22H27N3O7/c1-14(2)21(26)24-16-7-5-15(6-8-16)13-23-22(27)17-11-19(31-4)20(32-10-9-30-3)12-18(17)25(28)29/h5-8,11-12,14H,9-10,13H2,1-4H3,(H,23,27)(H,24,26). The number of benzene rings is 2. The summed E-state index contributed by atoms with van der Waals surface area (Å²) in [5.74, 6) is -0.523. The van der Waals surface area contributed by atoms with Gasteiger partial charge < -0.3 is 24.8 Å². The molecule has 2 N–H and O–H groups in total. The molecule has 10 heteroatoms. The van der Waals surface area contributed by atoms with Crippen LogP contribution in [0.5, 0.6) is 11.5 Å². The molecule has 0 heterocycles. The molecule has 0 bridgehead atoms. The lowest BCUT2D eigenvalue weighted by atomic mass is 10.1. The number of carbonyl (C=O) groups excluding carboxylic acids is 2. The monoisotopic (exact) mass is 445 g/mol. The molecule has 32 heavy (non-hydrogen) atoms. The van der Waals surface area contributed by atoms with Gasteiger partial charge in [-0.3, -0.25) is 19.7 Å². The molecule has 0 spiro atoms. The second-order valence-corrected chi connectivity index (χ2v) is 7.14. The summed E-state index contributed by atoms with van der Waals surface area (Å²) in [4.78, 5) is 35.3. The quantitative estimate of drug-likeness (QED) is 0.309. The summed E-state index contributed by atoms with van der Waals surface area (Å²) in [6.45, 7) is 4.20. The van der Waals surface area contributed by atoms with Gasteiger partial charge in [0.1, 0.15) is 12.2 Å². The summed E-state index contributed by atoms with van der Waals surface area (Å²) in [6.07, 6.45) is 0. The highest BCUT2D eigenvalue weighted by Crippen LogP contribution is 2.34. The van der Waals surface area contributed by atoms with Crippen molar-refractivity contribution in [2.75, 3.05) is 32.8 Å². The number of carbonyl (C=O) groups is 2. The van der Waals surface area contributed by atoms with Crippen molar-refractivity contribution >= 4 is 23.2 Å². The maximum atomic E-state index is 12.7. The molecule has 0 aliphatic heterocycles. The van der Waals surface area contributed by atoms with Crippen LogP contribution in [0.25, 0.3) is 0 Å². The van der Waals surface area contributed by atoms with E-state index in [-0.39, 0.29) is 42.0 Å². The van der Waals surface area contributed by atoms with E-state index < -0.39 is 16.5 Å². The summed E-state index contributed by atoms with van der Waals surface area (Å²) in [6, 6.07) is 9.38. The molecule has 0 aliphatic carbocycles. The summed E-state index contributed by atoms with van der Waals surface area (Å²) in [5, 5.41) is 17.0. The van der Waals surface area contributed by atoms with Gasteiger partial charge >= 0.3 is 0 Å². The van der Waals surface area contributed by atoms with Crippen molar-refractivity contribution < 1.29 is 28.7 Å². The molecule has 2 rings (SSSR count). The predicted octanol–water partition coefficient (Wildman–Crippen LogP) is 3.15. The normalized spacial score (nSPS) is 10.5. The summed E-state index contributed by atoms with van der Waals surface area (Å²) >= 11 is 0. The van der Waals surface area contributed by atoms with E-state index in [4.69, 9.17) is 14.2 Å². The second kappa shape index (κ2) is 11.7. The van der Waals surface area contributed by atoms with E-state index >= 15 is 0 Å². The Labute approximate surface area is 186 Å². The van der Waals surface area contributed by atoms with Crippen LogP contribution >= 0.6 is 0 Å². The number of ether oxygens (including phenoxy) is 3. The van der Waals surface area contributed by atoms with Crippen LogP contribution < -0.4 is 20.1 Å². The zero-order chi connectivity index (χ0) is 23.7. The van der Waals surface area contributed by atoms with E-state index in [0.29, 0.717) is 12.3 Å². The van der Waals surface area contributed by atoms with Crippen molar-refractivity contribution in [3.63, 3.8) is 0 Å². The van der Waals surface area contributed by atoms with Gasteiger partial charge in [-0.25, -0.2) is 0 Å². The van der Waals surface area contributed by atoms with Crippen molar-refractivity contribution in [1.82, 2.24) is 5.32 Å². The number of nitrogens with one attached hydrogen (secondary N) is 2. The molecule has 0 fully saturated rings. The number of nitro groups is 1. The Morgan fingerprint density at radius 2 is 1.75 bits per heavy atom. The lowest BCUT2D eigenvalue weighted by Crippen LogP contribution is -2.24. The van der Waals surface area contributed by atoms with Crippen molar-refractivity contribution in [3.05, 3.63) is 57.6 Å². The maximum absolute atomic E-state index is 12.7. The molecule has 0 atom stereocenters. The highest BCUT2D eigenvalue weighted by molar-refractivity contribution is 5.99. The summed E-state index contributed by atoms with van der Waals surface area (Å²) < 4.78 is 15.6. The van der Waals surface area contributed by atoms with Crippen LogP contribution in [-0.2, 0) is 16.1 Å². The van der Waals surface area contributed by atoms with Gasteiger partial charge in [0.2, 0.25) is 5.91 Å². The van der Waals surface area contributed by atoms with Gasteiger partial charge in [-0.1, -0.05) is 26.0 Å². The molecule has 2 aromatic rings. The van der Waals surface area contributed by atoms with Gasteiger partial charge in [0, 0.05) is 31.3 Å². The van der Waals surface area contributed by atoms with Gasteiger partial charge in [-0.15, -0.1) is 0 Å². The van der Waals surface area contributed by atoms with Crippen molar-refractivity contribution in [3.8, 4) is 11.5 Å². The number of nitrogens with zero attached hydrogens (tertiary/aromatic N) is 1. The molecule has 0 saturated carbocycles. The Bertz CT molecular complexity index is 959. The van der Waals surface area contributed by atoms with Crippen molar-refractivity contribution in [1.29, 1.82) is 0 Å². The van der Waals surface area contributed by atoms with Crippen LogP contribution in [0.3, 0.4) is 0 Å². The van der Waals surface area contributed by atoms with Crippen molar-refractivity contribution in [2.24, 2.45) is 5.92 Å². The SMILES string of the molecule is COCCOc1cc([N+](=O)[O-])c(C(=O)NCc2ccc(NC(=O)C(C)C)cc2)cc1OC. The molecular formula is C22H27N3O7. The topological polar surface area (TPSA) is 129 Å². The Hall–Kier alpha value is -3.66. The predicted molar refractivity (Wildman–Crippen MR) is 118 cm³/mol. The second-order valence-electron chi connectivity index (χ2n) is 7.14. The number of anilines is 1. The molecule has 2 amide bonds. The van der Waals surface area contributed by atoms with E-state index in [1.807, 2.05) is 0 Å². The lowest BCUT2D eigenvalue weighted by Gasteiger charge is -2.13. The van der Waals surface area contributed by atoms with E-state index in [0.717, 1.165) is 11.6 Å². The Balaban J connectivity index is 2.13. The molecule has 0 saturated heterocycles. The molecule has 172 valence electrons. The molecule has 0 aromatic heterocycles. The van der Waals surface area contributed by atoms with E-state index in [2.05, 4.69) is 10.6 Å². The zero-order valence-corrected chi connectivity index (χ0v) is 18.5. The average Bonchev–Trinajstić information content (AvgIpc) is 2.77. The third kappa shape index (κ3) is 6.67. The Morgan fingerprint density at radius 3 is 2.31 bits per heavy atom. The third-order valence-corrected chi connectivity index (χ3v) is 4.47. The highest BCUT2D eigenvalue weighted by atomic mass is 16.6. The minimum Gasteiger partial charge on any atom is -0.493 e. The molecular weight excluding hydrogens is 418 g/mol. The smallest absolute Gasteiger partial charge is 0.286 e. The number of hydrogen-bond donors (Lipinski definition) is 2. The molecule has 0 radical (unpaired) electrons. The van der Waals surface area contributed by atoms with E-state index in [1.165, 1.54) is 20.3 Å². The number of rotatable bonds is 11. The first-order valence-corrected chi connectivity index (χ1v) is 9.93. The minimum absolute atomic E-state index is 0.0954. The van der Waals surface area contributed by atoms with Gasteiger partial charge in [-0.05, 0) is 17.7 Å². The third-order valence-electron chi connectivity index (χ3n) is 4.47. The van der Waals surface area contributed by atoms with Gasteiger partial charge in [0.05, 0.1) is 24.7 Å². The van der Waals surface area contributed by atoms with E-state index in [9.17, 15) is 19.7 Å². The number of methoxy groups -OCH3 is 2. The van der Waals surface area contributed by atoms with Crippen LogP contribution in [-0.4, -0.2) is 44.2 Å². The van der Waals surface area contributed by atoms with Gasteiger partial charge in [0.25, 0.3) is 11.6 Å². The number of hydrogen-bond acceptors (Lipinski definition) is 7. The molecule has 10 nitrogen and oxygen atoms in total. The zero-order valence-electron chi connectivity index (χ0n) is 18.5. The highest BCUT2D eigenvalue weighted by Gasteiger charge is 2.24. The van der Waals surface area contributed by atoms with Gasteiger partial charge in [0.15, 0.2) is 11.5 Å². The first kappa shape index (κ1) is 24.6. The van der Waals surface area contributed by atoms with Crippen LogP contribution in [0.15, 0.2) is 36.4 Å². The fraction of sp³-hybridized carbons (Fsp3) is 0.364. The largest absolute Gasteiger partial charge is 0.493 e. The van der Waals surface area contributed by atoms with Crippen LogP contribution in [0.1, 0.15) is 29.8 Å². The molecule has 0 aliphatic rings. The van der Waals surface area contributed by atoms with Crippen LogP contribution in [0.4, 0.5) is 11.4 Å². The summed E-state index contributed by atoms with van der Waals surface area (Å²) in [7, 11) is 2.89. The number of nitro benzene ring substituents is 1. The Kier molecular flexibility index (Phi) is 8.96. The molecule has 0 unspecified atom stereocenters. The fourth-order valence-electron chi connectivity index (χ4n) is 2.66. The van der Waals surface area contributed by atoms with Crippen LogP contribution in [0.2, 0.25) is 0 Å². The average molecular weight is 445 g/mol. The molecule has 2 aromatic carbocycles. The minimum atomic E-state index is -0.649. The Morgan fingerprint density at radius 1 is 1.06 bits per heavy atom. The first-order valence-electron chi connectivity index (χ1n) is 9.93. The first-order chi connectivity index (χ1) is 15.3. The summed E-state index contributed by atoms with van der Waals surface area (Å²) in [5.41, 5.74) is 0.854. The number of amides is 2. The fourth-order valence-corrected chi connectivity index (χ4v) is 2.66.